The summed E-state index contributed by atoms with van der Waals surface area (Å²) in [6.07, 6.45) is 3.61. The molecule has 0 aliphatic heterocycles. The van der Waals surface area contributed by atoms with Crippen molar-refractivity contribution in [3.8, 4) is 0 Å². The monoisotopic (exact) mass is 418 g/mol. The lowest BCUT2D eigenvalue weighted by Crippen LogP contribution is -2.47. The molecule has 1 atom stereocenters. The maximum Gasteiger partial charge on any atom is 0.326 e. The summed E-state index contributed by atoms with van der Waals surface area (Å²) in [5.41, 5.74) is 6.99. The molecule has 0 aromatic heterocycles. The maximum atomic E-state index is 12.8. The number of nitrogens with two attached hydrogens (primary N) is 1. The number of halogens is 1. The fourth-order valence-corrected chi connectivity index (χ4v) is 4.37. The predicted molar refractivity (Wildman–Crippen MR) is 119 cm³/mol. The van der Waals surface area contributed by atoms with E-state index in [1.807, 2.05) is 24.3 Å². The molecule has 1 fully saturated rings. The highest BCUT2D eigenvalue weighted by Gasteiger charge is 2.36. The number of carbonyl (C=O) groups excluding carboxylic acids is 1. The van der Waals surface area contributed by atoms with Gasteiger partial charge in [-0.05, 0) is 65.8 Å². The molecule has 3 rings (SSSR count). The smallest absolute Gasteiger partial charge is 0.326 e. The van der Waals surface area contributed by atoms with Gasteiger partial charge in [0, 0.05) is 5.69 Å². The zero-order valence-corrected chi connectivity index (χ0v) is 18.1. The molecule has 1 amide bonds. The average molecular weight is 419 g/mol. The first-order valence-electron chi connectivity index (χ1n) is 9.98. The van der Waals surface area contributed by atoms with Crippen molar-refractivity contribution in [3.05, 3.63) is 42.0 Å². The van der Waals surface area contributed by atoms with E-state index >= 15 is 0 Å². The van der Waals surface area contributed by atoms with Gasteiger partial charge in [0.05, 0.1) is 5.56 Å². The Morgan fingerprint density at radius 1 is 1.07 bits per heavy atom. The molecule has 0 heterocycles. The van der Waals surface area contributed by atoms with Crippen LogP contribution in [-0.2, 0) is 4.79 Å². The molecule has 0 saturated heterocycles. The highest BCUT2D eigenvalue weighted by Crippen LogP contribution is 2.40. The zero-order chi connectivity index (χ0) is 20.5. The molecule has 0 bridgehead atoms. The van der Waals surface area contributed by atoms with Crippen LogP contribution in [0.3, 0.4) is 0 Å². The van der Waals surface area contributed by atoms with Crippen molar-refractivity contribution >= 4 is 40.7 Å². The van der Waals surface area contributed by atoms with Crippen LogP contribution in [0.5, 0.6) is 0 Å². The van der Waals surface area contributed by atoms with E-state index < -0.39 is 17.9 Å². The van der Waals surface area contributed by atoms with Crippen LogP contribution in [0.1, 0.15) is 56.8 Å². The Morgan fingerprint density at radius 2 is 1.62 bits per heavy atom. The first kappa shape index (κ1) is 23.0. The molecule has 2 aromatic rings. The van der Waals surface area contributed by atoms with Crippen LogP contribution in [0, 0.1) is 17.3 Å². The number of nitrogens with one attached hydrogen (secondary N) is 1. The number of nitrogen functional groups attached to an aromatic ring is 1. The zero-order valence-electron chi connectivity index (χ0n) is 17.3. The number of anilines is 1. The summed E-state index contributed by atoms with van der Waals surface area (Å²) in [5, 5.41) is 14.3. The van der Waals surface area contributed by atoms with Crippen LogP contribution in [0.25, 0.3) is 10.8 Å². The van der Waals surface area contributed by atoms with Gasteiger partial charge in [-0.15, -0.1) is 12.4 Å². The van der Waals surface area contributed by atoms with Crippen molar-refractivity contribution in [1.82, 2.24) is 5.32 Å². The standard InChI is InChI=1S/C23H30N2O3.ClH/c1-23(2,3)17-10-8-14(9-11-17)20(22(27)28)25-21(26)18-12-15-6-4-5-7-16(15)13-19(18)24;/h4-7,12-14,17,20H,8-11,24H2,1-3H3,(H,25,26)(H,27,28);1H/t14?,17?,20-;/m0./s1. The molecule has 0 radical (unpaired) electrons. The number of fused-ring (bicyclic) bond motifs is 1. The summed E-state index contributed by atoms with van der Waals surface area (Å²) in [5.74, 6) is -0.868. The molecule has 2 aromatic carbocycles. The number of hydrogen-bond acceptors (Lipinski definition) is 3. The average Bonchev–Trinajstić information content (AvgIpc) is 2.64. The van der Waals surface area contributed by atoms with Gasteiger partial charge < -0.3 is 16.2 Å². The van der Waals surface area contributed by atoms with E-state index in [1.54, 1.807) is 12.1 Å². The molecular weight excluding hydrogens is 388 g/mol. The molecule has 158 valence electrons. The molecule has 1 aliphatic carbocycles. The van der Waals surface area contributed by atoms with Crippen LogP contribution in [0.15, 0.2) is 36.4 Å². The fourth-order valence-electron chi connectivity index (χ4n) is 4.37. The lowest BCUT2D eigenvalue weighted by Gasteiger charge is -2.38. The van der Waals surface area contributed by atoms with Crippen molar-refractivity contribution in [3.63, 3.8) is 0 Å². The number of carboxylic acid groups (broad SMARTS) is 1. The van der Waals surface area contributed by atoms with Crippen molar-refractivity contribution in [2.45, 2.75) is 52.5 Å². The third-order valence-electron chi connectivity index (χ3n) is 6.18. The van der Waals surface area contributed by atoms with Gasteiger partial charge in [-0.25, -0.2) is 4.79 Å². The van der Waals surface area contributed by atoms with E-state index in [0.717, 1.165) is 36.5 Å². The van der Waals surface area contributed by atoms with E-state index in [2.05, 4.69) is 26.1 Å². The molecule has 6 heteroatoms. The number of carboxylic acids is 1. The van der Waals surface area contributed by atoms with Crippen molar-refractivity contribution in [2.24, 2.45) is 17.3 Å². The second kappa shape index (κ2) is 9.04. The predicted octanol–water partition coefficient (Wildman–Crippen LogP) is 4.88. The Hall–Kier alpha value is -2.27. The number of rotatable bonds is 4. The maximum absolute atomic E-state index is 12.8. The Labute approximate surface area is 178 Å². The molecule has 1 aliphatic rings. The topological polar surface area (TPSA) is 92.4 Å². The summed E-state index contributed by atoms with van der Waals surface area (Å²) in [6.45, 7) is 6.70. The normalized spacial score (nSPS) is 20.5. The molecule has 4 N–H and O–H groups in total. The lowest BCUT2D eigenvalue weighted by atomic mass is 9.68. The van der Waals surface area contributed by atoms with E-state index in [4.69, 9.17) is 5.73 Å². The van der Waals surface area contributed by atoms with E-state index in [1.165, 1.54) is 0 Å². The van der Waals surface area contributed by atoms with Gasteiger partial charge in [-0.3, -0.25) is 4.79 Å². The van der Waals surface area contributed by atoms with Crippen LogP contribution in [-0.4, -0.2) is 23.0 Å². The van der Waals surface area contributed by atoms with Crippen LogP contribution < -0.4 is 11.1 Å². The highest BCUT2D eigenvalue weighted by molar-refractivity contribution is 6.05. The number of hydrogen-bond donors (Lipinski definition) is 3. The van der Waals surface area contributed by atoms with Crippen LogP contribution in [0.2, 0.25) is 0 Å². The second-order valence-electron chi connectivity index (χ2n) is 9.05. The van der Waals surface area contributed by atoms with Gasteiger partial charge in [-0.1, -0.05) is 45.0 Å². The Morgan fingerprint density at radius 3 is 2.14 bits per heavy atom. The Kier molecular flexibility index (Phi) is 7.17. The minimum atomic E-state index is -0.980. The van der Waals surface area contributed by atoms with Crippen LogP contribution in [0.4, 0.5) is 5.69 Å². The summed E-state index contributed by atoms with van der Waals surface area (Å²) in [4.78, 5) is 24.7. The van der Waals surface area contributed by atoms with Gasteiger partial charge in [0.2, 0.25) is 0 Å². The van der Waals surface area contributed by atoms with Crippen molar-refractivity contribution in [1.29, 1.82) is 0 Å². The minimum Gasteiger partial charge on any atom is -0.480 e. The summed E-state index contributed by atoms with van der Waals surface area (Å²) >= 11 is 0. The number of aliphatic carboxylic acids is 1. The summed E-state index contributed by atoms with van der Waals surface area (Å²) in [7, 11) is 0. The van der Waals surface area contributed by atoms with Gasteiger partial charge in [0.15, 0.2) is 0 Å². The van der Waals surface area contributed by atoms with E-state index in [-0.39, 0.29) is 23.7 Å². The highest BCUT2D eigenvalue weighted by atomic mass is 35.5. The third-order valence-corrected chi connectivity index (χ3v) is 6.18. The molecule has 0 spiro atoms. The van der Waals surface area contributed by atoms with Gasteiger partial charge in [0.1, 0.15) is 6.04 Å². The summed E-state index contributed by atoms with van der Waals surface area (Å²) in [6, 6.07) is 10.3. The summed E-state index contributed by atoms with van der Waals surface area (Å²) < 4.78 is 0. The first-order chi connectivity index (χ1) is 13.2. The number of benzene rings is 2. The number of amides is 1. The lowest BCUT2D eigenvalue weighted by molar-refractivity contribution is -0.141. The van der Waals surface area contributed by atoms with Crippen molar-refractivity contribution < 1.29 is 14.7 Å². The first-order valence-corrected chi connectivity index (χ1v) is 9.98. The number of carbonyl (C=O) groups is 2. The molecule has 29 heavy (non-hydrogen) atoms. The minimum absolute atomic E-state index is 0. The van der Waals surface area contributed by atoms with Gasteiger partial charge >= 0.3 is 5.97 Å². The molecule has 0 unspecified atom stereocenters. The third kappa shape index (κ3) is 5.21. The van der Waals surface area contributed by atoms with E-state index in [0.29, 0.717) is 17.2 Å². The Bertz CT molecular complexity index is 883. The molecule has 1 saturated carbocycles. The largest absolute Gasteiger partial charge is 0.480 e. The van der Waals surface area contributed by atoms with Crippen LogP contribution >= 0.6 is 12.4 Å². The van der Waals surface area contributed by atoms with Crippen molar-refractivity contribution in [2.75, 3.05) is 5.73 Å². The molecule has 5 nitrogen and oxygen atoms in total. The second-order valence-corrected chi connectivity index (χ2v) is 9.05. The SMILES string of the molecule is CC(C)(C)C1CCC([C@H](NC(=O)c2cc3ccccc3cc2N)C(=O)O)CC1.Cl. The van der Waals surface area contributed by atoms with Gasteiger partial charge in [0.25, 0.3) is 5.91 Å². The van der Waals surface area contributed by atoms with E-state index in [9.17, 15) is 14.7 Å². The fraction of sp³-hybridized carbons (Fsp3) is 0.478. The van der Waals surface area contributed by atoms with Gasteiger partial charge in [-0.2, -0.15) is 0 Å². The quantitative estimate of drug-likeness (QED) is 0.617. The Balaban J connectivity index is 0.00000300. The molecular formula is C23H31ClN2O3.